The molecule has 0 atom stereocenters. The van der Waals surface area contributed by atoms with Crippen LogP contribution in [0.2, 0.25) is 0 Å². The summed E-state index contributed by atoms with van der Waals surface area (Å²) in [5, 5.41) is 88.6. The van der Waals surface area contributed by atoms with Gasteiger partial charge >= 0.3 is 53.9 Å². The van der Waals surface area contributed by atoms with Crippen molar-refractivity contribution in [2.24, 2.45) is 33.6 Å². The summed E-state index contributed by atoms with van der Waals surface area (Å²) in [5.74, 6) is 1.08. The van der Waals surface area contributed by atoms with Crippen molar-refractivity contribution in [2.45, 2.75) is 164 Å². The second kappa shape index (κ2) is 72.5. The summed E-state index contributed by atoms with van der Waals surface area (Å²) >= 11 is 13.4. The van der Waals surface area contributed by atoms with Gasteiger partial charge in [0, 0.05) is 69.6 Å². The molecular weight excluding hydrogens is 2630 g/mol. The minimum atomic E-state index is -4.67. The molecule has 0 spiro atoms. The smallest absolute Gasteiger partial charge is 1.00 e. The van der Waals surface area contributed by atoms with Crippen molar-refractivity contribution in [3.05, 3.63) is 292 Å². The third-order valence-electron chi connectivity index (χ3n) is 16.4. The van der Waals surface area contributed by atoms with E-state index in [4.69, 9.17) is 82.6 Å². The third-order valence-corrected chi connectivity index (χ3v) is 22.3. The quantitative estimate of drug-likeness (QED) is 0.00385. The summed E-state index contributed by atoms with van der Waals surface area (Å²) in [6.07, 6.45) is 15.7. The number of carbonyl (C=O) groups is 2. The number of aromatic carboxylic acids is 1. The molecule has 0 aliphatic heterocycles. The average molecular weight is 2730 g/mol. The van der Waals surface area contributed by atoms with E-state index in [1.807, 2.05) is 186 Å². The Morgan fingerprint density at radius 3 is 1.31 bits per heavy atom. The molecule has 4 aliphatic carbocycles. The number of oxime groups is 1. The second-order valence-corrected chi connectivity index (χ2v) is 37.7. The number of hydroxylamine groups is 1. The Balaban J connectivity index is 0. The summed E-state index contributed by atoms with van der Waals surface area (Å²) in [7, 11) is -6.72. The number of carboxylic acid groups (broad SMARTS) is 1. The number of hydrogen-bond donors (Lipinski definition) is 12. The van der Waals surface area contributed by atoms with Gasteiger partial charge in [-0.15, -0.1) is 0 Å². The first kappa shape index (κ1) is 132. The van der Waals surface area contributed by atoms with Crippen LogP contribution < -0.4 is 35.0 Å². The van der Waals surface area contributed by atoms with Gasteiger partial charge in [0.1, 0.15) is 41.2 Å². The van der Waals surface area contributed by atoms with E-state index in [-0.39, 0.29) is 119 Å². The number of aldehydes is 1. The van der Waals surface area contributed by atoms with E-state index in [2.05, 4.69) is 67.1 Å². The molecule has 0 bridgehead atoms. The number of aromatic nitrogens is 2. The largest absolute Gasteiger partial charge is 2.00 e. The van der Waals surface area contributed by atoms with Crippen LogP contribution >= 0.6 is 158 Å². The molecule has 15 rings (SSSR count). The number of aliphatic imine (C=N–C) groups is 1. The monoisotopic (exact) mass is 2730 g/mol. The van der Waals surface area contributed by atoms with Crippen molar-refractivity contribution >= 4 is 258 Å². The van der Waals surface area contributed by atoms with E-state index < -0.39 is 54.1 Å². The molecule has 4 aliphatic rings. The van der Waals surface area contributed by atoms with Crippen LogP contribution in [-0.2, 0) is 43.8 Å². The number of rotatable bonds is 17. The molecule has 0 saturated heterocycles. The van der Waals surface area contributed by atoms with Gasteiger partial charge in [-0.25, -0.2) is 41.4 Å². The molecule has 734 valence electrons. The van der Waals surface area contributed by atoms with E-state index >= 15 is 0 Å². The fourth-order valence-corrected chi connectivity index (χ4v) is 13.3. The first-order chi connectivity index (χ1) is 63.0. The van der Waals surface area contributed by atoms with Crippen LogP contribution in [0.5, 0.6) is 0 Å². The number of nitrogens with two attached hydrogens (primary N) is 2. The fraction of sp³-hybridized carbons (Fsp3) is 0.300. The van der Waals surface area contributed by atoms with Crippen LogP contribution in [0.1, 0.15) is 174 Å². The summed E-state index contributed by atoms with van der Waals surface area (Å²) in [6.45, 7) is 15.5. The minimum absolute atomic E-state index is 0. The van der Waals surface area contributed by atoms with Crippen LogP contribution in [0, 0.1) is 107 Å². The van der Waals surface area contributed by atoms with Gasteiger partial charge in [-0.1, -0.05) is 102 Å². The molecule has 2 heterocycles. The summed E-state index contributed by atoms with van der Waals surface area (Å²) in [5.41, 5.74) is 12.1. The molecule has 27 nitrogen and oxygen atoms in total. The number of aliphatic hydroxyl groups excluding tert-OH is 1. The van der Waals surface area contributed by atoms with Crippen molar-refractivity contribution in [2.75, 3.05) is 0 Å². The van der Waals surface area contributed by atoms with Gasteiger partial charge in [0.15, 0.2) is 34.9 Å². The van der Waals surface area contributed by atoms with Crippen LogP contribution in [-0.4, -0.2) is 156 Å². The van der Waals surface area contributed by atoms with Gasteiger partial charge in [0.05, 0.1) is 65.2 Å². The number of carboxylic acids is 1. The number of para-hydroxylation sites is 2. The molecule has 2 aromatic heterocycles. The predicted molar refractivity (Wildman–Crippen MR) is 566 cm³/mol. The zero-order valence-electron chi connectivity index (χ0n) is 73.7. The van der Waals surface area contributed by atoms with Gasteiger partial charge in [-0.05, 0) is 367 Å². The van der Waals surface area contributed by atoms with E-state index in [1.54, 1.807) is 132 Å². The number of carbonyl (C=O) groups excluding carboxylic acids is 1. The molecule has 46 heteroatoms. The number of hydrogen-bond acceptors (Lipinski definition) is 23. The van der Waals surface area contributed by atoms with Crippen LogP contribution in [0.4, 0.5) is 30.7 Å². The SMILES string of the molecule is C.CC(C)OB(OC(C)C)OC(C)C.C[CH-]C.Ic1cccc2c(CC3CC3)noc12.N#Cc1cccc(I)c1F.N#Cc1ccccc1F.NC1CC1.NO.O/N=C\c1cccc(I)c1F.O=C(O)c1cccc(I)c1F.O=Cc1cccc(I)c1F.O=S(=O)(O)O.OB(O)c1cccc2c(CC3CC3)noc12.OCc1cccc(I)c1F.ONC(=NC1CC1)c1cccc(I)c1F.[Cl-].[Mg+2]. The Labute approximate surface area is 904 Å². The molecule has 136 heavy (non-hydrogen) atoms. The Morgan fingerprint density at radius 2 is 0.941 bits per heavy atom. The number of fused-ring (bicyclic) bond motifs is 2. The van der Waals surface area contributed by atoms with E-state index in [0.717, 1.165) is 69.7 Å². The number of benzene rings is 9. The Morgan fingerprint density at radius 1 is 0.574 bits per heavy atom. The maximum atomic E-state index is 13.7. The summed E-state index contributed by atoms with van der Waals surface area (Å²) in [6, 6.07) is 50.3. The van der Waals surface area contributed by atoms with Gasteiger partial charge in [-0.3, -0.25) is 29.6 Å². The van der Waals surface area contributed by atoms with Gasteiger partial charge in [-0.2, -0.15) is 32.8 Å². The first-order valence-corrected chi connectivity index (χ1v) is 48.8. The minimum Gasteiger partial charge on any atom is -1.00 e. The standard InChI is InChI=1S/C11H12BNO3.C11H10INO.C10H10FIN2O.C9H21BO3.C7H5FINO.C7H3FIN.C7H4FIO2.C7H6FIO.C7H4FIO.C7H4FN.C3H7N.C3H7.CH4.ClH.Mg.H3NO.H2O4S/c14-12(15)9-3-1-2-8-10(6-7-4-5-7)13-16-11(8)9;12-9-3-1-2-8-10(6-7-4-5-7)13-14-11(8)9;11-9-7(2-1-3-8(9)12)10(14-15)13-6-4-5-6;1-7(2)11-10(12-8(3)4)13-9(5)6;8-7-5(4-10-11)2-1-3-6(7)9;8-7-5(4-10)2-1-3-6(7)9;8-6-4(7(10)11)2-1-3-5(6)9;2*8-7-5(4-10)2-1-3-6(7)9;8-7-4-2-1-3-6(7)5-9;4-3-1-2-3;1-3-2;;;;1-2;1-5(2,3)4/h1-3,7,14-15H,4-6H2;1-3,7H,4-6H2;1-3,6,15H,4-5H2,(H,13,14);7-9H,1-6H3;1-4,11H;1-3H;1-3H,(H,10,11);1-3,10H,4H2;1-4H;1-4H;3H,1-2,4H2;3H,1-2H3;1H4;1H;;2H,1H2;(H2,1,2,3,4)/q;;;;;;;;;;;-1;;;+2;;/p-1/b;;;;10-4-;;;;;;;;;;;;. The van der Waals surface area contributed by atoms with Gasteiger partial charge in [0.25, 0.3) is 0 Å². The predicted octanol–water partition coefficient (Wildman–Crippen LogP) is 18.2. The van der Waals surface area contributed by atoms with Crippen molar-refractivity contribution in [1.29, 1.82) is 10.5 Å². The number of halogens is 15. The molecule has 4 saturated carbocycles. The van der Waals surface area contributed by atoms with Crippen molar-refractivity contribution in [3.8, 4) is 12.1 Å². The molecule has 0 unspecified atom stereocenters. The van der Waals surface area contributed by atoms with Gasteiger partial charge < -0.3 is 78.2 Å². The van der Waals surface area contributed by atoms with Gasteiger partial charge in [0.2, 0.25) is 0 Å². The van der Waals surface area contributed by atoms with Crippen molar-refractivity contribution < 1.29 is 129 Å². The summed E-state index contributed by atoms with van der Waals surface area (Å²) in [4.78, 5) is 24.7. The number of nitrogens with zero attached hydrogens (tertiary/aromatic N) is 6. The Bertz CT molecular complexity index is 5650. The Hall–Kier alpha value is -5.74. The van der Waals surface area contributed by atoms with E-state index in [0.29, 0.717) is 61.5 Å². The molecule has 11 aromatic rings. The number of nitrogens with one attached hydrogen (secondary N) is 1. The molecule has 14 N–H and O–H groups in total. The Kier molecular flexibility index (Phi) is 70.5. The molecule has 0 amide bonds. The maximum Gasteiger partial charge on any atom is 2.00 e. The van der Waals surface area contributed by atoms with Crippen molar-refractivity contribution in [1.82, 2.24) is 15.8 Å². The number of amidine groups is 1. The summed E-state index contributed by atoms with van der Waals surface area (Å²) < 4.78 is 153. The molecule has 4 fully saturated rings. The van der Waals surface area contributed by atoms with E-state index in [1.165, 1.54) is 92.4 Å². The zero-order chi connectivity index (χ0) is 100. The van der Waals surface area contributed by atoms with Crippen LogP contribution in [0.3, 0.4) is 0 Å². The fourth-order valence-electron chi connectivity index (χ4n) is 9.57. The molecule has 9 aromatic carbocycles. The van der Waals surface area contributed by atoms with Crippen molar-refractivity contribution in [3.63, 3.8) is 0 Å². The number of aliphatic hydroxyl groups is 1. The first-order valence-electron chi connectivity index (χ1n) is 39.8. The second-order valence-electron chi connectivity index (χ2n) is 28.6. The molecule has 0 radical (unpaired) electrons. The normalized spacial score (nSPS) is 12.1. The van der Waals surface area contributed by atoms with Crippen LogP contribution in [0.25, 0.3) is 21.9 Å². The topological polar surface area (TPSA) is 466 Å². The third kappa shape index (κ3) is 53.9. The average Bonchev–Trinajstić information content (AvgIpc) is 1.65. The molecular formula is C90H102B2ClF7I7MgN9O18S. The maximum absolute atomic E-state index is 13.7. The van der Waals surface area contributed by atoms with Crippen LogP contribution in [0.15, 0.2) is 189 Å². The zero-order valence-corrected chi connectivity index (χ0v) is 91.8. The number of nitriles is 2. The van der Waals surface area contributed by atoms with E-state index in [9.17, 15) is 50.4 Å².